The van der Waals surface area contributed by atoms with Crippen LogP contribution in [0.1, 0.15) is 12.6 Å². The first-order valence-corrected chi connectivity index (χ1v) is 5.59. The number of carbonyl (C=O) groups excluding carboxylic acids is 1. The highest BCUT2D eigenvalue weighted by molar-refractivity contribution is 5.86. The van der Waals surface area contributed by atoms with E-state index in [1.807, 2.05) is 0 Å². The number of methoxy groups -OCH3 is 1. The normalized spacial score (nSPS) is 18.2. The van der Waals surface area contributed by atoms with Crippen LogP contribution in [0.25, 0.3) is 11.2 Å². The Morgan fingerprint density at radius 3 is 3.16 bits per heavy atom. The van der Waals surface area contributed by atoms with E-state index >= 15 is 0 Å². The average molecular weight is 261 g/mol. The molecule has 8 nitrogen and oxygen atoms in total. The van der Waals surface area contributed by atoms with Gasteiger partial charge in [-0.25, -0.2) is 19.7 Å². The van der Waals surface area contributed by atoms with E-state index in [-0.39, 0.29) is 12.0 Å². The second-order valence-electron chi connectivity index (χ2n) is 3.95. The van der Waals surface area contributed by atoms with Gasteiger partial charge < -0.3 is 15.2 Å². The third kappa shape index (κ3) is 1.77. The van der Waals surface area contributed by atoms with Gasteiger partial charge in [-0.3, -0.25) is 4.57 Å². The van der Waals surface area contributed by atoms with Crippen molar-refractivity contribution in [2.75, 3.05) is 12.8 Å². The smallest absolute Gasteiger partial charge is 0.373 e. The summed E-state index contributed by atoms with van der Waals surface area (Å²) in [5.74, 6) is 0.000311. The SMILES string of the molecule is COC(=O)C1=CC[C@H](n2cnc3c(N)ncnc32)O1. The summed E-state index contributed by atoms with van der Waals surface area (Å²) >= 11 is 0. The average Bonchev–Trinajstić information content (AvgIpc) is 3.04. The predicted molar refractivity (Wildman–Crippen MR) is 64.6 cm³/mol. The Balaban J connectivity index is 1.92. The summed E-state index contributed by atoms with van der Waals surface area (Å²) in [4.78, 5) is 23.5. The van der Waals surface area contributed by atoms with Gasteiger partial charge in [0.25, 0.3) is 0 Å². The van der Waals surface area contributed by atoms with Gasteiger partial charge >= 0.3 is 5.97 Å². The number of rotatable bonds is 2. The van der Waals surface area contributed by atoms with E-state index in [2.05, 4.69) is 19.7 Å². The first-order chi connectivity index (χ1) is 9.20. The number of hydrogen-bond donors (Lipinski definition) is 1. The van der Waals surface area contributed by atoms with Gasteiger partial charge in [0.2, 0.25) is 5.76 Å². The standard InChI is InChI=1S/C11H11N5O3/c1-18-11(17)6-2-3-7(19-6)16-5-15-8-9(12)13-4-14-10(8)16/h2,4-5,7H,3H2,1H3,(H2,12,13,14)/t7-/m1/s1. The van der Waals surface area contributed by atoms with Gasteiger partial charge in [0.15, 0.2) is 17.7 Å². The zero-order chi connectivity index (χ0) is 13.4. The highest BCUT2D eigenvalue weighted by atomic mass is 16.6. The lowest BCUT2D eigenvalue weighted by Crippen LogP contribution is -2.11. The van der Waals surface area contributed by atoms with Crippen molar-refractivity contribution in [3.63, 3.8) is 0 Å². The number of nitrogens with zero attached hydrogens (tertiary/aromatic N) is 4. The van der Waals surface area contributed by atoms with Crippen LogP contribution in [0.4, 0.5) is 5.82 Å². The van der Waals surface area contributed by atoms with Crippen molar-refractivity contribution in [1.29, 1.82) is 0 Å². The Bertz CT molecular complexity index is 678. The van der Waals surface area contributed by atoms with Crippen LogP contribution in [0, 0.1) is 0 Å². The monoisotopic (exact) mass is 261 g/mol. The third-order valence-electron chi connectivity index (χ3n) is 2.85. The van der Waals surface area contributed by atoms with Gasteiger partial charge in [0.1, 0.15) is 18.2 Å². The Hall–Kier alpha value is -2.64. The number of esters is 1. The summed E-state index contributed by atoms with van der Waals surface area (Å²) in [5, 5.41) is 0. The topological polar surface area (TPSA) is 105 Å². The van der Waals surface area contributed by atoms with Gasteiger partial charge in [0, 0.05) is 6.42 Å². The quantitative estimate of drug-likeness (QED) is 0.779. The molecular weight excluding hydrogens is 250 g/mol. The predicted octanol–water partition coefficient (Wildman–Crippen LogP) is 0.384. The van der Waals surface area contributed by atoms with E-state index in [1.165, 1.54) is 13.4 Å². The number of carbonyl (C=O) groups is 1. The molecule has 1 aliphatic rings. The third-order valence-corrected chi connectivity index (χ3v) is 2.85. The fourth-order valence-electron chi connectivity index (χ4n) is 1.93. The summed E-state index contributed by atoms with van der Waals surface area (Å²) in [6, 6.07) is 0. The highest BCUT2D eigenvalue weighted by Gasteiger charge is 2.26. The Morgan fingerprint density at radius 1 is 1.53 bits per heavy atom. The van der Waals surface area contributed by atoms with Crippen molar-refractivity contribution in [2.45, 2.75) is 12.6 Å². The number of nitrogen functional groups attached to an aromatic ring is 1. The molecule has 0 aromatic carbocycles. The lowest BCUT2D eigenvalue weighted by molar-refractivity contribution is -0.141. The lowest BCUT2D eigenvalue weighted by Gasteiger charge is -2.13. The summed E-state index contributed by atoms with van der Waals surface area (Å²) in [6.07, 6.45) is 4.74. The second kappa shape index (κ2) is 4.23. The molecule has 98 valence electrons. The van der Waals surface area contributed by atoms with Crippen molar-refractivity contribution >= 4 is 23.0 Å². The van der Waals surface area contributed by atoms with Gasteiger partial charge in [-0.2, -0.15) is 0 Å². The molecule has 1 aliphatic heterocycles. The van der Waals surface area contributed by atoms with Crippen molar-refractivity contribution in [1.82, 2.24) is 19.5 Å². The molecule has 3 heterocycles. The first kappa shape index (κ1) is 11.5. The van der Waals surface area contributed by atoms with Crippen LogP contribution in [0.2, 0.25) is 0 Å². The molecule has 0 radical (unpaired) electrons. The van der Waals surface area contributed by atoms with Crippen LogP contribution in [-0.2, 0) is 14.3 Å². The van der Waals surface area contributed by atoms with Crippen LogP contribution in [0.15, 0.2) is 24.5 Å². The van der Waals surface area contributed by atoms with E-state index in [0.717, 1.165) is 0 Å². The number of aromatic nitrogens is 4. The fraction of sp³-hybridized carbons (Fsp3) is 0.273. The molecule has 0 saturated carbocycles. The van der Waals surface area contributed by atoms with E-state index in [9.17, 15) is 4.79 Å². The fourth-order valence-corrected chi connectivity index (χ4v) is 1.93. The summed E-state index contributed by atoms with van der Waals surface area (Å²) in [5.41, 5.74) is 6.79. The van der Waals surface area contributed by atoms with Crippen LogP contribution in [-0.4, -0.2) is 32.6 Å². The molecular formula is C11H11N5O3. The number of nitrogens with two attached hydrogens (primary N) is 1. The van der Waals surface area contributed by atoms with Gasteiger partial charge in [-0.1, -0.05) is 0 Å². The number of fused-ring (bicyclic) bond motifs is 1. The lowest BCUT2D eigenvalue weighted by atomic mass is 10.3. The van der Waals surface area contributed by atoms with Crippen molar-refractivity contribution in [3.8, 4) is 0 Å². The second-order valence-corrected chi connectivity index (χ2v) is 3.95. The van der Waals surface area contributed by atoms with Crippen LogP contribution in [0.5, 0.6) is 0 Å². The van der Waals surface area contributed by atoms with Crippen LogP contribution >= 0.6 is 0 Å². The molecule has 8 heteroatoms. The summed E-state index contributed by atoms with van der Waals surface area (Å²) in [6.45, 7) is 0. The van der Waals surface area contributed by atoms with E-state index in [0.29, 0.717) is 23.4 Å². The molecule has 2 N–H and O–H groups in total. The number of ether oxygens (including phenoxy) is 2. The molecule has 3 rings (SSSR count). The first-order valence-electron chi connectivity index (χ1n) is 5.59. The van der Waals surface area contributed by atoms with Crippen LogP contribution in [0.3, 0.4) is 0 Å². The largest absolute Gasteiger partial charge is 0.463 e. The maximum atomic E-state index is 11.4. The van der Waals surface area contributed by atoms with E-state index in [1.54, 1.807) is 17.0 Å². The van der Waals surface area contributed by atoms with E-state index < -0.39 is 5.97 Å². The highest BCUT2D eigenvalue weighted by Crippen LogP contribution is 2.29. The zero-order valence-corrected chi connectivity index (χ0v) is 10.1. The van der Waals surface area contributed by atoms with E-state index in [4.69, 9.17) is 10.5 Å². The Morgan fingerprint density at radius 2 is 2.37 bits per heavy atom. The van der Waals surface area contributed by atoms with Crippen LogP contribution < -0.4 is 5.73 Å². The number of imidazole rings is 1. The molecule has 0 saturated heterocycles. The van der Waals surface area contributed by atoms with Gasteiger partial charge in [0.05, 0.1) is 7.11 Å². The zero-order valence-electron chi connectivity index (χ0n) is 10.1. The summed E-state index contributed by atoms with van der Waals surface area (Å²) in [7, 11) is 1.31. The molecule has 0 fully saturated rings. The van der Waals surface area contributed by atoms with Crippen molar-refractivity contribution in [2.24, 2.45) is 0 Å². The molecule has 19 heavy (non-hydrogen) atoms. The molecule has 0 unspecified atom stereocenters. The molecule has 2 aromatic rings. The van der Waals surface area contributed by atoms with Crippen molar-refractivity contribution in [3.05, 3.63) is 24.5 Å². The molecule has 1 atom stereocenters. The minimum absolute atomic E-state index is 0.191. The minimum atomic E-state index is -0.499. The van der Waals surface area contributed by atoms with Gasteiger partial charge in [-0.15, -0.1) is 0 Å². The number of anilines is 1. The number of hydrogen-bond acceptors (Lipinski definition) is 7. The minimum Gasteiger partial charge on any atom is -0.463 e. The summed E-state index contributed by atoms with van der Waals surface area (Å²) < 4.78 is 11.8. The van der Waals surface area contributed by atoms with Gasteiger partial charge in [-0.05, 0) is 6.08 Å². The molecule has 0 aliphatic carbocycles. The molecule has 0 amide bonds. The maximum absolute atomic E-state index is 11.4. The molecule has 2 aromatic heterocycles. The van der Waals surface area contributed by atoms with Crippen molar-refractivity contribution < 1.29 is 14.3 Å². The Labute approximate surface area is 107 Å². The molecule has 0 bridgehead atoms. The Kier molecular flexibility index (Phi) is 2.55. The maximum Gasteiger partial charge on any atom is 0.373 e. The molecule has 0 spiro atoms.